The molecule has 3 N–H and O–H groups in total. The largest absolute Gasteiger partial charge is 0.329 e. The van der Waals surface area contributed by atoms with Crippen LogP contribution in [0.5, 0.6) is 0 Å². The van der Waals surface area contributed by atoms with Gasteiger partial charge in [0.25, 0.3) is 0 Å². The fourth-order valence-corrected chi connectivity index (χ4v) is 2.97. The Labute approximate surface area is 135 Å². The van der Waals surface area contributed by atoms with Gasteiger partial charge in [-0.05, 0) is 37.9 Å². The summed E-state index contributed by atoms with van der Waals surface area (Å²) in [4.78, 5) is 14.2. The van der Waals surface area contributed by atoms with Crippen LogP contribution in [-0.4, -0.2) is 37.0 Å². The van der Waals surface area contributed by atoms with Crippen LogP contribution in [0.3, 0.4) is 0 Å². The van der Waals surface area contributed by atoms with Gasteiger partial charge in [0.1, 0.15) is 0 Å². The molecule has 1 atom stereocenters. The zero-order valence-corrected chi connectivity index (χ0v) is 13.6. The van der Waals surface area contributed by atoms with Crippen LogP contribution in [0.1, 0.15) is 19.3 Å². The Morgan fingerprint density at radius 2 is 2.05 bits per heavy atom. The number of likely N-dealkylation sites (N-methyl/N-ethyl adjacent to an activating group) is 1. The van der Waals surface area contributed by atoms with Gasteiger partial charge < -0.3 is 16.0 Å². The number of para-hydroxylation sites is 1. The minimum Gasteiger partial charge on any atom is -0.329 e. The van der Waals surface area contributed by atoms with Crippen molar-refractivity contribution in [2.45, 2.75) is 25.3 Å². The van der Waals surface area contributed by atoms with Gasteiger partial charge in [-0.3, -0.25) is 4.79 Å². The molecule has 116 valence electrons. The molecular weight excluding hydrogens is 309 g/mol. The number of nitrogens with one attached hydrogen (secondary N) is 1. The number of benzene rings is 1. The van der Waals surface area contributed by atoms with E-state index in [-0.39, 0.29) is 5.91 Å². The Morgan fingerprint density at radius 1 is 1.43 bits per heavy atom. The maximum Gasteiger partial charge on any atom is 0.225 e. The number of halogens is 2. The van der Waals surface area contributed by atoms with Crippen LogP contribution < -0.4 is 11.1 Å². The molecule has 0 spiro atoms. The third-order valence-corrected chi connectivity index (χ3v) is 4.52. The molecule has 1 aliphatic carbocycles. The number of amides is 1. The molecule has 1 aromatic rings. The van der Waals surface area contributed by atoms with E-state index >= 15 is 0 Å². The number of nitrogens with two attached hydrogens (primary N) is 1. The molecule has 4 nitrogen and oxygen atoms in total. The quantitative estimate of drug-likeness (QED) is 0.808. The summed E-state index contributed by atoms with van der Waals surface area (Å²) in [5, 5.41) is 3.67. The maximum absolute atomic E-state index is 12.0. The van der Waals surface area contributed by atoms with Crippen molar-refractivity contribution < 1.29 is 4.79 Å². The van der Waals surface area contributed by atoms with Crippen molar-refractivity contribution in [2.75, 3.05) is 25.5 Å². The molecule has 0 aliphatic heterocycles. The highest BCUT2D eigenvalue weighted by molar-refractivity contribution is 6.39. The first-order valence-electron chi connectivity index (χ1n) is 7.17. The van der Waals surface area contributed by atoms with E-state index in [4.69, 9.17) is 28.9 Å². The monoisotopic (exact) mass is 329 g/mol. The highest BCUT2D eigenvalue weighted by Crippen LogP contribution is 2.34. The lowest BCUT2D eigenvalue weighted by Gasteiger charge is -2.26. The lowest BCUT2D eigenvalue weighted by molar-refractivity contribution is -0.116. The molecule has 1 aromatic carbocycles. The Morgan fingerprint density at radius 3 is 2.57 bits per heavy atom. The van der Waals surface area contributed by atoms with Gasteiger partial charge in [-0.25, -0.2) is 0 Å². The number of anilines is 1. The Balaban J connectivity index is 1.84. The predicted octanol–water partition coefficient (Wildman–Crippen LogP) is 2.99. The standard InChI is InChI=1S/C15H21Cl2N3O/c1-20(13(9-18)10-5-6-10)8-7-14(21)19-15-11(16)3-2-4-12(15)17/h2-4,10,13H,5-9,18H2,1H3,(H,19,21). The Kier molecular flexibility index (Phi) is 5.88. The summed E-state index contributed by atoms with van der Waals surface area (Å²) in [6, 6.07) is 5.52. The van der Waals surface area contributed by atoms with E-state index in [1.54, 1.807) is 18.2 Å². The Bertz CT molecular complexity index is 485. The number of hydrogen-bond acceptors (Lipinski definition) is 3. The number of hydrogen-bond donors (Lipinski definition) is 2. The van der Waals surface area contributed by atoms with E-state index in [9.17, 15) is 4.79 Å². The van der Waals surface area contributed by atoms with Crippen molar-refractivity contribution in [3.63, 3.8) is 0 Å². The first-order chi connectivity index (χ1) is 10.0. The molecule has 6 heteroatoms. The second-order valence-corrected chi connectivity index (χ2v) is 6.33. The maximum atomic E-state index is 12.0. The van der Waals surface area contributed by atoms with Crippen LogP contribution in [0.4, 0.5) is 5.69 Å². The van der Waals surface area contributed by atoms with E-state index < -0.39 is 0 Å². The van der Waals surface area contributed by atoms with Crippen LogP contribution in [0, 0.1) is 5.92 Å². The molecule has 0 heterocycles. The summed E-state index contributed by atoms with van der Waals surface area (Å²) >= 11 is 12.1. The first-order valence-corrected chi connectivity index (χ1v) is 7.92. The zero-order valence-electron chi connectivity index (χ0n) is 12.1. The summed E-state index contributed by atoms with van der Waals surface area (Å²) < 4.78 is 0. The molecule has 1 amide bonds. The van der Waals surface area contributed by atoms with Gasteiger partial charge in [0.05, 0.1) is 15.7 Å². The molecule has 21 heavy (non-hydrogen) atoms. The Hall–Kier alpha value is -0.810. The highest BCUT2D eigenvalue weighted by atomic mass is 35.5. The molecule has 1 aliphatic rings. The number of rotatable bonds is 7. The van der Waals surface area contributed by atoms with Crippen molar-refractivity contribution in [3.8, 4) is 0 Å². The van der Waals surface area contributed by atoms with Crippen molar-refractivity contribution in [1.29, 1.82) is 0 Å². The molecule has 0 saturated heterocycles. The van der Waals surface area contributed by atoms with Gasteiger partial charge in [-0.1, -0.05) is 29.3 Å². The third kappa shape index (κ3) is 4.58. The molecule has 0 bridgehead atoms. The van der Waals surface area contributed by atoms with Crippen molar-refractivity contribution >= 4 is 34.8 Å². The van der Waals surface area contributed by atoms with Gasteiger partial charge in [-0.15, -0.1) is 0 Å². The van der Waals surface area contributed by atoms with E-state index in [1.165, 1.54) is 12.8 Å². The summed E-state index contributed by atoms with van der Waals surface area (Å²) in [5.74, 6) is 0.601. The molecule has 1 fully saturated rings. The fourth-order valence-electron chi connectivity index (χ4n) is 2.48. The van der Waals surface area contributed by atoms with Crippen LogP contribution in [0.15, 0.2) is 18.2 Å². The van der Waals surface area contributed by atoms with E-state index in [2.05, 4.69) is 10.2 Å². The second-order valence-electron chi connectivity index (χ2n) is 5.52. The second kappa shape index (κ2) is 7.45. The van der Waals surface area contributed by atoms with Gasteiger partial charge in [0.2, 0.25) is 5.91 Å². The summed E-state index contributed by atoms with van der Waals surface area (Å²) in [5.41, 5.74) is 6.29. The van der Waals surface area contributed by atoms with Gasteiger partial charge >= 0.3 is 0 Å². The minimum atomic E-state index is -0.0941. The van der Waals surface area contributed by atoms with E-state index in [0.29, 0.717) is 47.2 Å². The van der Waals surface area contributed by atoms with Crippen molar-refractivity contribution in [2.24, 2.45) is 11.7 Å². The minimum absolute atomic E-state index is 0.0941. The van der Waals surface area contributed by atoms with E-state index in [0.717, 1.165) is 0 Å². The first kappa shape index (κ1) is 16.6. The molecular formula is C15H21Cl2N3O. The zero-order chi connectivity index (χ0) is 15.4. The lowest BCUT2D eigenvalue weighted by Crippen LogP contribution is -2.40. The van der Waals surface area contributed by atoms with Gasteiger partial charge in [-0.2, -0.15) is 0 Å². The molecule has 2 rings (SSSR count). The van der Waals surface area contributed by atoms with Crippen molar-refractivity contribution in [3.05, 3.63) is 28.2 Å². The fraction of sp³-hybridized carbons (Fsp3) is 0.533. The van der Waals surface area contributed by atoms with Crippen molar-refractivity contribution in [1.82, 2.24) is 4.90 Å². The number of carbonyl (C=O) groups excluding carboxylic acids is 1. The van der Waals surface area contributed by atoms with E-state index in [1.807, 2.05) is 7.05 Å². The summed E-state index contributed by atoms with van der Waals surface area (Å²) in [6.07, 6.45) is 2.88. The topological polar surface area (TPSA) is 58.4 Å². The van der Waals surface area contributed by atoms with Crippen LogP contribution in [0.2, 0.25) is 10.0 Å². The summed E-state index contributed by atoms with van der Waals surface area (Å²) in [7, 11) is 2.02. The van der Waals surface area contributed by atoms with Gasteiger partial charge in [0.15, 0.2) is 0 Å². The third-order valence-electron chi connectivity index (χ3n) is 3.89. The lowest BCUT2D eigenvalue weighted by atomic mass is 10.1. The molecule has 1 unspecified atom stereocenters. The number of nitrogens with zero attached hydrogens (tertiary/aromatic N) is 1. The molecule has 1 saturated carbocycles. The normalized spacial score (nSPS) is 16.0. The summed E-state index contributed by atoms with van der Waals surface area (Å²) in [6.45, 7) is 1.31. The van der Waals surface area contributed by atoms with Gasteiger partial charge in [0, 0.05) is 25.6 Å². The SMILES string of the molecule is CN(CCC(=O)Nc1c(Cl)cccc1Cl)C(CN)C1CC1. The predicted molar refractivity (Wildman–Crippen MR) is 87.9 cm³/mol. The average molecular weight is 330 g/mol. The van der Waals surface area contributed by atoms with Crippen LogP contribution in [-0.2, 0) is 4.79 Å². The number of carbonyl (C=O) groups is 1. The smallest absolute Gasteiger partial charge is 0.225 e. The molecule has 0 radical (unpaired) electrons. The molecule has 0 aromatic heterocycles. The average Bonchev–Trinajstić information content (AvgIpc) is 3.26. The van der Waals surface area contributed by atoms with Crippen LogP contribution >= 0.6 is 23.2 Å². The highest BCUT2D eigenvalue weighted by Gasteiger charge is 2.32. The van der Waals surface area contributed by atoms with Crippen LogP contribution in [0.25, 0.3) is 0 Å².